The van der Waals surface area contributed by atoms with Gasteiger partial charge >= 0.3 is 0 Å². The summed E-state index contributed by atoms with van der Waals surface area (Å²) in [6.07, 6.45) is 4.27. The van der Waals surface area contributed by atoms with Gasteiger partial charge in [0.05, 0.1) is 0 Å². The Bertz CT molecular complexity index is 240. The molecule has 3 nitrogen and oxygen atoms in total. The molecular formula is C12H22N2O. The van der Waals surface area contributed by atoms with Crippen LogP contribution in [0.15, 0.2) is 0 Å². The van der Waals surface area contributed by atoms with Gasteiger partial charge in [-0.1, -0.05) is 13.8 Å². The Kier molecular flexibility index (Phi) is 3.29. The maximum atomic E-state index is 12.0. The molecule has 2 aliphatic heterocycles. The Morgan fingerprint density at radius 1 is 1.47 bits per heavy atom. The third-order valence-corrected chi connectivity index (χ3v) is 3.53. The van der Waals surface area contributed by atoms with Crippen LogP contribution in [0, 0.1) is 5.92 Å². The molecule has 0 aromatic carbocycles. The van der Waals surface area contributed by atoms with Crippen molar-refractivity contribution in [3.8, 4) is 0 Å². The Balaban J connectivity index is 1.95. The highest BCUT2D eigenvalue weighted by atomic mass is 16.2. The fourth-order valence-corrected chi connectivity index (χ4v) is 2.82. The highest BCUT2D eigenvalue weighted by molar-refractivity contribution is 5.77. The predicted molar refractivity (Wildman–Crippen MR) is 60.6 cm³/mol. The van der Waals surface area contributed by atoms with Crippen molar-refractivity contribution in [3.63, 3.8) is 0 Å². The van der Waals surface area contributed by atoms with Crippen LogP contribution < -0.4 is 5.32 Å². The van der Waals surface area contributed by atoms with E-state index >= 15 is 0 Å². The van der Waals surface area contributed by atoms with Gasteiger partial charge < -0.3 is 10.2 Å². The number of fused-ring (bicyclic) bond motifs is 1. The van der Waals surface area contributed by atoms with Gasteiger partial charge in [0.1, 0.15) is 0 Å². The quantitative estimate of drug-likeness (QED) is 0.747. The number of carbonyl (C=O) groups is 1. The Morgan fingerprint density at radius 3 is 3.00 bits per heavy atom. The first-order valence-electron chi connectivity index (χ1n) is 6.21. The SMILES string of the molecule is CC(C)CC(=O)N1CCC2NCCCC21. The first-order chi connectivity index (χ1) is 7.18. The number of hydrogen-bond acceptors (Lipinski definition) is 2. The summed E-state index contributed by atoms with van der Waals surface area (Å²) in [5.74, 6) is 0.842. The normalized spacial score (nSPS) is 30.7. The minimum atomic E-state index is 0.362. The van der Waals surface area contributed by atoms with Crippen LogP contribution >= 0.6 is 0 Å². The van der Waals surface area contributed by atoms with Crippen molar-refractivity contribution in [3.05, 3.63) is 0 Å². The van der Waals surface area contributed by atoms with Gasteiger partial charge in [0.15, 0.2) is 0 Å². The summed E-state index contributed by atoms with van der Waals surface area (Å²) in [5.41, 5.74) is 0. The van der Waals surface area contributed by atoms with E-state index in [0.29, 0.717) is 30.3 Å². The molecule has 0 aliphatic carbocycles. The van der Waals surface area contributed by atoms with Crippen LogP contribution in [0.3, 0.4) is 0 Å². The first kappa shape index (κ1) is 10.9. The van der Waals surface area contributed by atoms with Gasteiger partial charge in [-0.3, -0.25) is 4.79 Å². The molecule has 2 fully saturated rings. The zero-order valence-electron chi connectivity index (χ0n) is 9.83. The lowest BCUT2D eigenvalue weighted by Gasteiger charge is -2.32. The summed E-state index contributed by atoms with van der Waals surface area (Å²) < 4.78 is 0. The van der Waals surface area contributed by atoms with Crippen LogP contribution in [0.1, 0.15) is 39.5 Å². The van der Waals surface area contributed by atoms with Crippen LogP contribution in [-0.4, -0.2) is 36.0 Å². The molecule has 2 unspecified atom stereocenters. The van der Waals surface area contributed by atoms with E-state index in [1.807, 2.05) is 0 Å². The smallest absolute Gasteiger partial charge is 0.223 e. The van der Waals surface area contributed by atoms with Crippen molar-refractivity contribution in [2.75, 3.05) is 13.1 Å². The molecule has 2 heterocycles. The summed E-state index contributed by atoms with van der Waals surface area (Å²) in [6, 6.07) is 1.07. The molecule has 0 radical (unpaired) electrons. The Morgan fingerprint density at radius 2 is 2.27 bits per heavy atom. The molecule has 2 aliphatic rings. The fourth-order valence-electron chi connectivity index (χ4n) is 2.82. The second-order valence-electron chi connectivity index (χ2n) is 5.24. The summed E-state index contributed by atoms with van der Waals surface area (Å²) in [6.45, 7) is 6.33. The van der Waals surface area contributed by atoms with E-state index in [1.165, 1.54) is 12.8 Å². The Hall–Kier alpha value is -0.570. The summed E-state index contributed by atoms with van der Waals surface area (Å²) in [4.78, 5) is 14.1. The lowest BCUT2D eigenvalue weighted by molar-refractivity contribution is -0.133. The summed E-state index contributed by atoms with van der Waals surface area (Å²) in [5, 5.41) is 3.53. The van der Waals surface area contributed by atoms with E-state index in [0.717, 1.165) is 19.5 Å². The van der Waals surface area contributed by atoms with Crippen LogP contribution in [0.2, 0.25) is 0 Å². The average Bonchev–Trinajstić information content (AvgIpc) is 2.59. The van der Waals surface area contributed by atoms with Gasteiger partial charge in [-0.2, -0.15) is 0 Å². The standard InChI is InChI=1S/C12H22N2O/c1-9(2)8-12(15)14-7-5-10-11(14)4-3-6-13-10/h9-11,13H,3-8H2,1-2H3. The van der Waals surface area contributed by atoms with Crippen LogP contribution in [0.25, 0.3) is 0 Å². The summed E-state index contributed by atoms with van der Waals surface area (Å²) >= 11 is 0. The second kappa shape index (κ2) is 4.52. The number of likely N-dealkylation sites (tertiary alicyclic amines) is 1. The molecule has 2 rings (SSSR count). The van der Waals surface area contributed by atoms with E-state index in [2.05, 4.69) is 24.1 Å². The minimum Gasteiger partial charge on any atom is -0.338 e. The van der Waals surface area contributed by atoms with Gasteiger partial charge in [0.25, 0.3) is 0 Å². The van der Waals surface area contributed by atoms with Gasteiger partial charge in [-0.05, 0) is 31.7 Å². The van der Waals surface area contributed by atoms with E-state index in [-0.39, 0.29) is 0 Å². The molecule has 3 heteroatoms. The van der Waals surface area contributed by atoms with E-state index in [4.69, 9.17) is 0 Å². The highest BCUT2D eigenvalue weighted by Gasteiger charge is 2.37. The zero-order valence-corrected chi connectivity index (χ0v) is 9.83. The zero-order chi connectivity index (χ0) is 10.8. The molecule has 0 aromatic rings. The van der Waals surface area contributed by atoms with Crippen molar-refractivity contribution in [1.29, 1.82) is 0 Å². The number of piperidine rings is 1. The molecule has 15 heavy (non-hydrogen) atoms. The van der Waals surface area contributed by atoms with Crippen LogP contribution in [0.4, 0.5) is 0 Å². The van der Waals surface area contributed by atoms with E-state index < -0.39 is 0 Å². The highest BCUT2D eigenvalue weighted by Crippen LogP contribution is 2.26. The predicted octanol–water partition coefficient (Wildman–Crippen LogP) is 1.39. The van der Waals surface area contributed by atoms with Gasteiger partial charge in [0.2, 0.25) is 5.91 Å². The van der Waals surface area contributed by atoms with Gasteiger partial charge in [0, 0.05) is 25.0 Å². The number of nitrogens with one attached hydrogen (secondary N) is 1. The van der Waals surface area contributed by atoms with E-state index in [1.54, 1.807) is 0 Å². The number of hydrogen-bond donors (Lipinski definition) is 1. The van der Waals surface area contributed by atoms with Crippen LogP contribution in [0.5, 0.6) is 0 Å². The second-order valence-corrected chi connectivity index (χ2v) is 5.24. The largest absolute Gasteiger partial charge is 0.338 e. The van der Waals surface area contributed by atoms with E-state index in [9.17, 15) is 4.79 Å². The van der Waals surface area contributed by atoms with Crippen molar-refractivity contribution < 1.29 is 4.79 Å². The molecular weight excluding hydrogens is 188 g/mol. The number of carbonyl (C=O) groups excluding carboxylic acids is 1. The lowest BCUT2D eigenvalue weighted by Crippen LogP contribution is -2.48. The molecule has 0 spiro atoms. The maximum absolute atomic E-state index is 12.0. The Labute approximate surface area is 92.2 Å². The first-order valence-corrected chi connectivity index (χ1v) is 6.21. The molecule has 0 bridgehead atoms. The topological polar surface area (TPSA) is 32.3 Å². The molecule has 1 N–H and O–H groups in total. The molecule has 0 saturated carbocycles. The third kappa shape index (κ3) is 2.33. The third-order valence-electron chi connectivity index (χ3n) is 3.53. The maximum Gasteiger partial charge on any atom is 0.223 e. The monoisotopic (exact) mass is 210 g/mol. The molecule has 0 aromatic heterocycles. The summed E-state index contributed by atoms with van der Waals surface area (Å²) in [7, 11) is 0. The van der Waals surface area contributed by atoms with Gasteiger partial charge in [-0.15, -0.1) is 0 Å². The lowest BCUT2D eigenvalue weighted by atomic mass is 9.99. The minimum absolute atomic E-state index is 0.362. The molecule has 2 atom stereocenters. The van der Waals surface area contributed by atoms with Crippen molar-refractivity contribution in [1.82, 2.24) is 10.2 Å². The van der Waals surface area contributed by atoms with Crippen molar-refractivity contribution >= 4 is 5.91 Å². The van der Waals surface area contributed by atoms with Crippen molar-refractivity contribution in [2.45, 2.75) is 51.6 Å². The molecule has 1 amide bonds. The average molecular weight is 210 g/mol. The fraction of sp³-hybridized carbons (Fsp3) is 0.917. The van der Waals surface area contributed by atoms with Gasteiger partial charge in [-0.25, -0.2) is 0 Å². The number of nitrogens with zero attached hydrogens (tertiary/aromatic N) is 1. The number of rotatable bonds is 2. The van der Waals surface area contributed by atoms with Crippen LogP contribution in [-0.2, 0) is 4.79 Å². The number of amides is 1. The molecule has 2 saturated heterocycles. The van der Waals surface area contributed by atoms with Crippen molar-refractivity contribution in [2.24, 2.45) is 5.92 Å². The molecule has 86 valence electrons.